The van der Waals surface area contributed by atoms with Gasteiger partial charge in [0.1, 0.15) is 12.3 Å². The van der Waals surface area contributed by atoms with Crippen molar-refractivity contribution >= 4 is 11.9 Å². The van der Waals surface area contributed by atoms with Crippen LogP contribution in [0.15, 0.2) is 0 Å². The van der Waals surface area contributed by atoms with E-state index in [1.165, 1.54) is 0 Å². The van der Waals surface area contributed by atoms with Crippen molar-refractivity contribution in [2.75, 3.05) is 33.4 Å². The molecule has 7 nitrogen and oxygen atoms in total. The van der Waals surface area contributed by atoms with Crippen LogP contribution in [0.25, 0.3) is 0 Å². The molecule has 2 rings (SSSR count). The number of methoxy groups -OCH3 is 1. The molecular formula is C17H26N2O5. The molecule has 7 heteroatoms. The molecule has 0 radical (unpaired) electrons. The van der Waals surface area contributed by atoms with Crippen LogP contribution in [0.3, 0.4) is 0 Å². The van der Waals surface area contributed by atoms with Gasteiger partial charge in [-0.3, -0.25) is 4.79 Å². The van der Waals surface area contributed by atoms with Crippen molar-refractivity contribution in [1.82, 2.24) is 9.88 Å². The highest BCUT2D eigenvalue weighted by Gasteiger charge is 2.30. The van der Waals surface area contributed by atoms with E-state index in [9.17, 15) is 9.59 Å². The Morgan fingerprint density at radius 3 is 2.42 bits per heavy atom. The third-order valence-corrected chi connectivity index (χ3v) is 4.08. The first kappa shape index (κ1) is 18.5. The van der Waals surface area contributed by atoms with E-state index in [-0.39, 0.29) is 24.7 Å². The van der Waals surface area contributed by atoms with Gasteiger partial charge >= 0.3 is 5.97 Å². The van der Waals surface area contributed by atoms with Crippen molar-refractivity contribution in [3.63, 3.8) is 0 Å². The van der Waals surface area contributed by atoms with Gasteiger partial charge in [-0.15, -0.1) is 0 Å². The molecule has 134 valence electrons. The Balaban J connectivity index is 2.18. The number of aromatic amines is 1. The summed E-state index contributed by atoms with van der Waals surface area (Å²) in [6.45, 7) is 9.01. The molecule has 0 spiro atoms. The van der Waals surface area contributed by atoms with E-state index >= 15 is 0 Å². The van der Waals surface area contributed by atoms with Crippen LogP contribution in [-0.2, 0) is 14.2 Å². The summed E-state index contributed by atoms with van der Waals surface area (Å²) in [6, 6.07) is 0. The fourth-order valence-corrected chi connectivity index (χ4v) is 3.06. The molecule has 1 aliphatic heterocycles. The Labute approximate surface area is 142 Å². The zero-order chi connectivity index (χ0) is 17.9. The van der Waals surface area contributed by atoms with E-state index in [1.54, 1.807) is 25.9 Å². The van der Waals surface area contributed by atoms with Crippen LogP contribution in [0, 0.1) is 13.8 Å². The van der Waals surface area contributed by atoms with Crippen molar-refractivity contribution in [2.24, 2.45) is 0 Å². The topological polar surface area (TPSA) is 80.9 Å². The van der Waals surface area contributed by atoms with Crippen molar-refractivity contribution in [1.29, 1.82) is 0 Å². The molecule has 1 N–H and O–H groups in total. The van der Waals surface area contributed by atoms with Crippen LogP contribution in [0.4, 0.5) is 0 Å². The first-order chi connectivity index (χ1) is 11.3. The molecular weight excluding hydrogens is 312 g/mol. The number of aromatic nitrogens is 1. The number of nitrogens with zero attached hydrogens (tertiary/aromatic N) is 1. The number of hydrogen-bond donors (Lipinski definition) is 1. The summed E-state index contributed by atoms with van der Waals surface area (Å²) < 4.78 is 15.7. The van der Waals surface area contributed by atoms with Gasteiger partial charge in [0.2, 0.25) is 0 Å². The average Bonchev–Trinajstić information content (AvgIpc) is 2.80. The van der Waals surface area contributed by atoms with Crippen LogP contribution in [-0.4, -0.2) is 67.4 Å². The molecule has 2 unspecified atom stereocenters. The van der Waals surface area contributed by atoms with E-state index in [0.717, 1.165) is 0 Å². The van der Waals surface area contributed by atoms with Crippen LogP contribution < -0.4 is 0 Å². The first-order valence-electron chi connectivity index (χ1n) is 8.15. The second-order valence-electron chi connectivity index (χ2n) is 6.22. The number of rotatable bonds is 5. The summed E-state index contributed by atoms with van der Waals surface area (Å²) in [7, 11) is 1.54. The van der Waals surface area contributed by atoms with Crippen molar-refractivity contribution in [2.45, 2.75) is 39.9 Å². The third-order valence-electron chi connectivity index (χ3n) is 4.08. The normalized spacial score (nSPS) is 21.0. The number of aryl methyl sites for hydroxylation is 1. The Morgan fingerprint density at radius 1 is 1.21 bits per heavy atom. The van der Waals surface area contributed by atoms with Crippen molar-refractivity contribution in [3.05, 3.63) is 22.5 Å². The summed E-state index contributed by atoms with van der Waals surface area (Å²) >= 11 is 0. The lowest BCUT2D eigenvalue weighted by Gasteiger charge is -2.35. The Morgan fingerprint density at radius 2 is 1.83 bits per heavy atom. The maximum absolute atomic E-state index is 12.8. The fraction of sp³-hybridized carbons (Fsp3) is 0.647. The zero-order valence-corrected chi connectivity index (χ0v) is 15.0. The van der Waals surface area contributed by atoms with Gasteiger partial charge in [0.15, 0.2) is 0 Å². The van der Waals surface area contributed by atoms with Gasteiger partial charge in [0, 0.05) is 25.9 Å². The molecule has 1 fully saturated rings. The van der Waals surface area contributed by atoms with E-state index in [0.29, 0.717) is 42.2 Å². The maximum atomic E-state index is 12.8. The van der Waals surface area contributed by atoms with E-state index in [4.69, 9.17) is 14.2 Å². The summed E-state index contributed by atoms with van der Waals surface area (Å²) in [6.07, 6.45) is -0.0138. The summed E-state index contributed by atoms with van der Waals surface area (Å²) in [5.41, 5.74) is 2.11. The number of amides is 1. The number of esters is 1. The highest BCUT2D eigenvalue weighted by molar-refractivity contribution is 6.00. The van der Waals surface area contributed by atoms with Gasteiger partial charge < -0.3 is 24.1 Å². The number of ether oxygens (including phenoxy) is 3. The Bertz CT molecular complexity index is 600. The van der Waals surface area contributed by atoms with Crippen LogP contribution in [0.5, 0.6) is 0 Å². The number of carbonyl (C=O) groups is 2. The second-order valence-corrected chi connectivity index (χ2v) is 6.22. The summed E-state index contributed by atoms with van der Waals surface area (Å²) in [5.74, 6) is -0.561. The fourth-order valence-electron chi connectivity index (χ4n) is 3.06. The van der Waals surface area contributed by atoms with Gasteiger partial charge in [-0.05, 0) is 33.3 Å². The SMILES string of the molecule is COCCOC(=O)c1c(C)[nH]c(C(=O)N2CC(C)OC(C)C2)c1C. The first-order valence-corrected chi connectivity index (χ1v) is 8.15. The molecule has 1 aromatic heterocycles. The average molecular weight is 338 g/mol. The molecule has 1 saturated heterocycles. The molecule has 1 aliphatic rings. The summed E-state index contributed by atoms with van der Waals surface area (Å²) in [5, 5.41) is 0. The molecule has 1 amide bonds. The highest BCUT2D eigenvalue weighted by Crippen LogP contribution is 2.22. The highest BCUT2D eigenvalue weighted by atomic mass is 16.6. The van der Waals surface area contributed by atoms with Gasteiger partial charge in [0.25, 0.3) is 5.91 Å². The number of carbonyl (C=O) groups excluding carboxylic acids is 2. The molecule has 0 aliphatic carbocycles. The van der Waals surface area contributed by atoms with Gasteiger partial charge in [0.05, 0.1) is 24.4 Å². The van der Waals surface area contributed by atoms with Crippen molar-refractivity contribution < 1.29 is 23.8 Å². The van der Waals surface area contributed by atoms with Gasteiger partial charge in [-0.2, -0.15) is 0 Å². The lowest BCUT2D eigenvalue weighted by molar-refractivity contribution is -0.0587. The monoisotopic (exact) mass is 338 g/mol. The van der Waals surface area contributed by atoms with Crippen LogP contribution in [0.1, 0.15) is 46.0 Å². The predicted octanol–water partition coefficient (Wildman–Crippen LogP) is 1.68. The second kappa shape index (κ2) is 7.81. The largest absolute Gasteiger partial charge is 0.460 e. The number of hydrogen-bond acceptors (Lipinski definition) is 5. The lowest BCUT2D eigenvalue weighted by atomic mass is 10.1. The van der Waals surface area contributed by atoms with Gasteiger partial charge in [-0.25, -0.2) is 4.79 Å². The molecule has 0 aromatic carbocycles. The Hall–Kier alpha value is -1.86. The number of H-pyrrole nitrogens is 1. The Kier molecular flexibility index (Phi) is 6.01. The van der Waals surface area contributed by atoms with Crippen LogP contribution >= 0.6 is 0 Å². The van der Waals surface area contributed by atoms with Crippen LogP contribution in [0.2, 0.25) is 0 Å². The number of nitrogens with one attached hydrogen (secondary N) is 1. The smallest absolute Gasteiger partial charge is 0.340 e. The predicted molar refractivity (Wildman–Crippen MR) is 88.3 cm³/mol. The minimum Gasteiger partial charge on any atom is -0.460 e. The van der Waals surface area contributed by atoms with Gasteiger partial charge in [-0.1, -0.05) is 0 Å². The third kappa shape index (κ3) is 3.96. The maximum Gasteiger partial charge on any atom is 0.340 e. The van der Waals surface area contributed by atoms with Crippen molar-refractivity contribution in [3.8, 4) is 0 Å². The minimum absolute atomic E-state index is 0.00690. The molecule has 2 atom stereocenters. The zero-order valence-electron chi connectivity index (χ0n) is 15.0. The standard InChI is InChI=1S/C17H26N2O5/c1-10-8-19(9-11(2)24-10)16(20)15-12(3)14(13(4)18-15)17(21)23-7-6-22-5/h10-11,18H,6-9H2,1-5H3. The van der Waals surface area contributed by atoms with E-state index in [1.807, 2.05) is 13.8 Å². The van der Waals surface area contributed by atoms with E-state index in [2.05, 4.69) is 4.98 Å². The number of morpholine rings is 1. The lowest BCUT2D eigenvalue weighted by Crippen LogP contribution is -2.48. The summed E-state index contributed by atoms with van der Waals surface area (Å²) in [4.78, 5) is 29.9. The molecule has 0 saturated carbocycles. The molecule has 0 bridgehead atoms. The molecule has 24 heavy (non-hydrogen) atoms. The quantitative estimate of drug-likeness (QED) is 0.653. The van der Waals surface area contributed by atoms with E-state index < -0.39 is 5.97 Å². The minimum atomic E-state index is -0.443. The molecule has 2 heterocycles. The molecule has 1 aromatic rings.